The molecule has 0 aromatic heterocycles. The van der Waals surface area contributed by atoms with Crippen LogP contribution in [0.15, 0.2) is 23.1 Å². The van der Waals surface area contributed by atoms with Gasteiger partial charge in [0.1, 0.15) is 5.82 Å². The van der Waals surface area contributed by atoms with Crippen molar-refractivity contribution in [3.05, 3.63) is 29.6 Å². The molecule has 0 atom stereocenters. The number of nitrogens with two attached hydrogens (primary N) is 1. The molecule has 0 radical (unpaired) electrons. The van der Waals surface area contributed by atoms with Crippen molar-refractivity contribution in [1.29, 1.82) is 0 Å². The van der Waals surface area contributed by atoms with Gasteiger partial charge in [-0.2, -0.15) is 0 Å². The van der Waals surface area contributed by atoms with Crippen molar-refractivity contribution < 1.29 is 4.39 Å². The summed E-state index contributed by atoms with van der Waals surface area (Å²) in [7, 11) is 0. The highest BCUT2D eigenvalue weighted by Gasteiger charge is 2.40. The van der Waals surface area contributed by atoms with Crippen LogP contribution in [0.2, 0.25) is 0 Å². The van der Waals surface area contributed by atoms with Crippen LogP contribution in [0.4, 0.5) is 4.39 Å². The van der Waals surface area contributed by atoms with Crippen LogP contribution >= 0.6 is 11.8 Å². The molecular weight excluding hydrogens is 185 g/mol. The minimum atomic E-state index is -0.155. The van der Waals surface area contributed by atoms with Gasteiger partial charge < -0.3 is 5.73 Å². The highest BCUT2D eigenvalue weighted by atomic mass is 32.2. The summed E-state index contributed by atoms with van der Waals surface area (Å²) in [6.45, 7) is 0. The quantitative estimate of drug-likeness (QED) is 0.737. The number of thioether (sulfide) groups is 1. The maximum absolute atomic E-state index is 13.1. The van der Waals surface area contributed by atoms with Crippen LogP contribution in [0.5, 0.6) is 0 Å². The van der Waals surface area contributed by atoms with Gasteiger partial charge in [-0.25, -0.2) is 4.39 Å². The summed E-state index contributed by atoms with van der Waals surface area (Å²) in [6, 6.07) is 5.17. The summed E-state index contributed by atoms with van der Waals surface area (Å²) in [5, 5.41) is 0. The minimum Gasteiger partial charge on any atom is -0.321 e. The molecule has 1 fully saturated rings. The first-order valence-corrected chi connectivity index (χ1v) is 5.51. The number of rotatable bonds is 2. The Labute approximate surface area is 81.5 Å². The molecule has 0 amide bonds. The number of benzene rings is 1. The van der Waals surface area contributed by atoms with E-state index in [1.807, 2.05) is 12.3 Å². The van der Waals surface area contributed by atoms with E-state index >= 15 is 0 Å². The summed E-state index contributed by atoms with van der Waals surface area (Å²) in [5.74, 6) is -0.152. The molecule has 0 bridgehead atoms. The van der Waals surface area contributed by atoms with E-state index < -0.39 is 0 Å². The lowest BCUT2D eigenvalue weighted by atomic mass is 10.1. The van der Waals surface area contributed by atoms with Gasteiger partial charge in [0.25, 0.3) is 0 Å². The summed E-state index contributed by atoms with van der Waals surface area (Å²) in [5.41, 5.74) is 6.92. The van der Waals surface area contributed by atoms with Gasteiger partial charge in [-0.3, -0.25) is 0 Å². The van der Waals surface area contributed by atoms with Crippen LogP contribution in [0.25, 0.3) is 0 Å². The van der Waals surface area contributed by atoms with Crippen molar-refractivity contribution in [2.24, 2.45) is 5.73 Å². The van der Waals surface area contributed by atoms with E-state index in [0.717, 1.165) is 18.4 Å². The van der Waals surface area contributed by atoms with E-state index in [1.54, 1.807) is 6.07 Å². The van der Waals surface area contributed by atoms with Crippen LogP contribution in [0.3, 0.4) is 0 Å². The highest BCUT2D eigenvalue weighted by molar-refractivity contribution is 7.98. The summed E-state index contributed by atoms with van der Waals surface area (Å²) in [4.78, 5) is 0.689. The summed E-state index contributed by atoms with van der Waals surface area (Å²) >= 11 is 1.42. The normalized spacial score (nSPS) is 18.7. The number of hydrogen-bond acceptors (Lipinski definition) is 2. The van der Waals surface area contributed by atoms with E-state index in [0.29, 0.717) is 4.90 Å². The molecule has 0 aliphatic heterocycles. The first-order valence-electron chi connectivity index (χ1n) is 4.29. The fourth-order valence-corrected chi connectivity index (χ4v) is 1.90. The molecule has 13 heavy (non-hydrogen) atoms. The van der Waals surface area contributed by atoms with E-state index in [1.165, 1.54) is 17.8 Å². The Hall–Kier alpha value is -0.540. The fourth-order valence-electron chi connectivity index (χ4n) is 1.39. The summed E-state index contributed by atoms with van der Waals surface area (Å²) < 4.78 is 13.1. The third kappa shape index (κ3) is 1.58. The predicted octanol–water partition coefficient (Wildman–Crippen LogP) is 2.50. The number of halogens is 1. The topological polar surface area (TPSA) is 26.0 Å². The standard InChI is InChI=1S/C10H12FNS/c1-13-9-6-7(2-3-8(9)11)10(12)4-5-10/h2-3,6H,4-5,12H2,1H3. The van der Waals surface area contributed by atoms with Crippen molar-refractivity contribution >= 4 is 11.8 Å². The van der Waals surface area contributed by atoms with Gasteiger partial charge in [0, 0.05) is 10.4 Å². The zero-order valence-electron chi connectivity index (χ0n) is 7.51. The van der Waals surface area contributed by atoms with Crippen molar-refractivity contribution in [1.82, 2.24) is 0 Å². The molecule has 1 saturated carbocycles. The largest absolute Gasteiger partial charge is 0.321 e. The molecule has 1 aromatic rings. The molecular formula is C10H12FNS. The second kappa shape index (κ2) is 3.00. The first-order chi connectivity index (χ1) is 6.15. The molecule has 0 spiro atoms. The molecule has 0 unspecified atom stereocenters. The molecule has 70 valence electrons. The molecule has 2 N–H and O–H groups in total. The number of hydrogen-bond donors (Lipinski definition) is 1. The van der Waals surface area contributed by atoms with Gasteiger partial charge in [0.15, 0.2) is 0 Å². The third-order valence-electron chi connectivity index (χ3n) is 2.51. The fraction of sp³-hybridized carbons (Fsp3) is 0.400. The van der Waals surface area contributed by atoms with E-state index in [9.17, 15) is 4.39 Å². The molecule has 2 rings (SSSR count). The average Bonchev–Trinajstić information content (AvgIpc) is 2.86. The molecule has 1 aliphatic carbocycles. The van der Waals surface area contributed by atoms with E-state index in [4.69, 9.17) is 5.73 Å². The van der Waals surface area contributed by atoms with Gasteiger partial charge in [-0.1, -0.05) is 6.07 Å². The zero-order valence-corrected chi connectivity index (χ0v) is 8.33. The van der Waals surface area contributed by atoms with Gasteiger partial charge in [0.05, 0.1) is 0 Å². The first kappa shape index (κ1) is 9.03. The minimum absolute atomic E-state index is 0.152. The van der Waals surface area contributed by atoms with Gasteiger partial charge in [-0.15, -0.1) is 11.8 Å². The predicted molar refractivity (Wildman–Crippen MR) is 53.3 cm³/mol. The second-order valence-electron chi connectivity index (χ2n) is 3.51. The van der Waals surface area contributed by atoms with Crippen molar-refractivity contribution in [2.75, 3.05) is 6.26 Å². The van der Waals surface area contributed by atoms with Crippen molar-refractivity contribution in [2.45, 2.75) is 23.3 Å². The Morgan fingerprint density at radius 1 is 1.46 bits per heavy atom. The molecule has 1 aliphatic rings. The zero-order chi connectivity index (χ0) is 9.47. The Morgan fingerprint density at radius 2 is 2.15 bits per heavy atom. The highest BCUT2D eigenvalue weighted by Crippen LogP contribution is 2.43. The Balaban J connectivity index is 2.39. The average molecular weight is 197 g/mol. The van der Waals surface area contributed by atoms with Crippen LogP contribution in [-0.2, 0) is 5.54 Å². The van der Waals surface area contributed by atoms with Crippen LogP contribution in [0, 0.1) is 5.82 Å². The van der Waals surface area contributed by atoms with Crippen LogP contribution in [0.1, 0.15) is 18.4 Å². The molecule has 0 saturated heterocycles. The maximum Gasteiger partial charge on any atom is 0.136 e. The van der Waals surface area contributed by atoms with Gasteiger partial charge >= 0.3 is 0 Å². The Bertz CT molecular complexity index is 334. The smallest absolute Gasteiger partial charge is 0.136 e. The summed E-state index contributed by atoms with van der Waals surface area (Å²) in [6.07, 6.45) is 3.91. The molecule has 1 nitrogen and oxygen atoms in total. The lowest BCUT2D eigenvalue weighted by Gasteiger charge is -2.10. The van der Waals surface area contributed by atoms with Crippen molar-refractivity contribution in [3.8, 4) is 0 Å². The molecule has 3 heteroatoms. The molecule has 1 aromatic carbocycles. The van der Waals surface area contributed by atoms with Crippen LogP contribution in [-0.4, -0.2) is 6.26 Å². The van der Waals surface area contributed by atoms with E-state index in [2.05, 4.69) is 0 Å². The lowest BCUT2D eigenvalue weighted by Crippen LogP contribution is -2.18. The maximum atomic E-state index is 13.1. The van der Waals surface area contributed by atoms with Crippen LogP contribution < -0.4 is 5.73 Å². The monoisotopic (exact) mass is 197 g/mol. The lowest BCUT2D eigenvalue weighted by molar-refractivity contribution is 0.598. The third-order valence-corrected chi connectivity index (χ3v) is 3.27. The molecule has 0 heterocycles. The SMILES string of the molecule is CSc1cc(C2(N)CC2)ccc1F. The van der Waals surface area contributed by atoms with E-state index in [-0.39, 0.29) is 11.4 Å². The van der Waals surface area contributed by atoms with Gasteiger partial charge in [0.2, 0.25) is 0 Å². The second-order valence-corrected chi connectivity index (χ2v) is 4.35. The van der Waals surface area contributed by atoms with Gasteiger partial charge in [-0.05, 0) is 36.8 Å². The van der Waals surface area contributed by atoms with Crippen molar-refractivity contribution in [3.63, 3.8) is 0 Å². The Morgan fingerprint density at radius 3 is 2.69 bits per heavy atom. The Kier molecular flexibility index (Phi) is 2.08.